The molecule has 114 valence electrons. The van der Waals surface area contributed by atoms with Gasteiger partial charge >= 0.3 is 5.97 Å². The van der Waals surface area contributed by atoms with Crippen LogP contribution >= 0.6 is 11.6 Å². The smallest absolute Gasteiger partial charge is 0.317 e. The summed E-state index contributed by atoms with van der Waals surface area (Å²) in [5, 5.41) is 11.4. The van der Waals surface area contributed by atoms with Crippen LogP contribution in [0.1, 0.15) is 12.8 Å². The van der Waals surface area contributed by atoms with Crippen molar-refractivity contribution in [1.29, 1.82) is 0 Å². The molecule has 7 heteroatoms. The van der Waals surface area contributed by atoms with Crippen LogP contribution < -0.4 is 5.32 Å². The number of benzene rings is 1. The maximum absolute atomic E-state index is 13.0. The predicted octanol–water partition coefficient (Wildman–Crippen LogP) is 2.21. The summed E-state index contributed by atoms with van der Waals surface area (Å²) in [5.41, 5.74) is 0.458. The van der Waals surface area contributed by atoms with Gasteiger partial charge in [0.05, 0.1) is 11.6 Å². The van der Waals surface area contributed by atoms with Crippen LogP contribution in [0.25, 0.3) is 0 Å². The lowest BCUT2D eigenvalue weighted by Crippen LogP contribution is -2.40. The van der Waals surface area contributed by atoms with Crippen molar-refractivity contribution < 1.29 is 19.1 Å². The van der Waals surface area contributed by atoms with Crippen molar-refractivity contribution in [2.45, 2.75) is 12.8 Å². The number of carbonyl (C=O) groups excluding carboxylic acids is 1. The third kappa shape index (κ3) is 4.41. The Morgan fingerprint density at radius 2 is 2.05 bits per heavy atom. The van der Waals surface area contributed by atoms with Crippen molar-refractivity contribution in [2.75, 3.05) is 25.0 Å². The lowest BCUT2D eigenvalue weighted by Gasteiger charge is -2.29. The minimum absolute atomic E-state index is 0.00189. The van der Waals surface area contributed by atoms with E-state index in [1.807, 2.05) is 0 Å². The number of rotatable bonds is 4. The Morgan fingerprint density at radius 3 is 2.62 bits per heavy atom. The fourth-order valence-corrected chi connectivity index (χ4v) is 2.54. The molecule has 1 aromatic rings. The maximum atomic E-state index is 13.0. The fourth-order valence-electron chi connectivity index (χ4n) is 2.36. The molecule has 1 saturated heterocycles. The van der Waals surface area contributed by atoms with Crippen LogP contribution in [0.15, 0.2) is 18.2 Å². The molecule has 0 aliphatic carbocycles. The molecule has 1 aliphatic rings. The predicted molar refractivity (Wildman–Crippen MR) is 76.8 cm³/mol. The van der Waals surface area contributed by atoms with Crippen molar-refractivity contribution in [3.8, 4) is 0 Å². The van der Waals surface area contributed by atoms with Gasteiger partial charge in [0, 0.05) is 11.6 Å². The zero-order valence-electron chi connectivity index (χ0n) is 11.3. The Balaban J connectivity index is 1.87. The third-order valence-corrected chi connectivity index (χ3v) is 3.79. The first-order valence-electron chi connectivity index (χ1n) is 6.66. The van der Waals surface area contributed by atoms with E-state index < -0.39 is 11.8 Å². The Morgan fingerprint density at radius 1 is 1.38 bits per heavy atom. The van der Waals surface area contributed by atoms with Gasteiger partial charge in [-0.2, -0.15) is 0 Å². The number of nitrogens with one attached hydrogen (secondary N) is 1. The van der Waals surface area contributed by atoms with E-state index in [0.29, 0.717) is 31.6 Å². The number of halogens is 2. The van der Waals surface area contributed by atoms with Gasteiger partial charge in [0.15, 0.2) is 0 Å². The highest BCUT2D eigenvalue weighted by Crippen LogP contribution is 2.22. The van der Waals surface area contributed by atoms with Gasteiger partial charge in [-0.25, -0.2) is 4.39 Å². The number of amides is 1. The summed E-state index contributed by atoms with van der Waals surface area (Å²) < 4.78 is 13.0. The van der Waals surface area contributed by atoms with Gasteiger partial charge < -0.3 is 10.4 Å². The summed E-state index contributed by atoms with van der Waals surface area (Å²) in [6, 6.07) is 4.03. The van der Waals surface area contributed by atoms with E-state index in [1.54, 1.807) is 4.90 Å². The van der Waals surface area contributed by atoms with E-state index in [-0.39, 0.29) is 23.4 Å². The van der Waals surface area contributed by atoms with Crippen molar-refractivity contribution in [3.63, 3.8) is 0 Å². The van der Waals surface area contributed by atoms with E-state index >= 15 is 0 Å². The molecule has 21 heavy (non-hydrogen) atoms. The van der Waals surface area contributed by atoms with Crippen LogP contribution in [0.4, 0.5) is 10.1 Å². The number of carbonyl (C=O) groups is 2. The number of hydrogen-bond donors (Lipinski definition) is 2. The van der Waals surface area contributed by atoms with Crippen LogP contribution in [0.3, 0.4) is 0 Å². The SMILES string of the molecule is O=C(O)CN1CCC(C(=O)Nc2ccc(F)c(Cl)c2)CC1. The van der Waals surface area contributed by atoms with Crippen LogP contribution in [0, 0.1) is 11.7 Å². The van der Waals surface area contributed by atoms with E-state index in [4.69, 9.17) is 16.7 Å². The van der Waals surface area contributed by atoms with Crippen molar-refractivity contribution in [2.24, 2.45) is 5.92 Å². The van der Waals surface area contributed by atoms with E-state index in [2.05, 4.69) is 5.32 Å². The topological polar surface area (TPSA) is 69.6 Å². The number of carboxylic acid groups (broad SMARTS) is 1. The monoisotopic (exact) mass is 314 g/mol. The molecule has 1 heterocycles. The molecule has 1 fully saturated rings. The molecule has 1 aliphatic heterocycles. The Hall–Kier alpha value is -1.66. The van der Waals surface area contributed by atoms with Gasteiger partial charge in [0.1, 0.15) is 5.82 Å². The average Bonchev–Trinajstić information content (AvgIpc) is 2.43. The summed E-state index contributed by atoms with van der Waals surface area (Å²) in [7, 11) is 0. The van der Waals surface area contributed by atoms with Gasteiger partial charge in [-0.3, -0.25) is 14.5 Å². The summed E-state index contributed by atoms with van der Waals surface area (Å²) in [5.74, 6) is -1.71. The number of hydrogen-bond acceptors (Lipinski definition) is 3. The minimum atomic E-state index is -0.862. The molecule has 0 aromatic heterocycles. The van der Waals surface area contributed by atoms with E-state index in [1.165, 1.54) is 18.2 Å². The minimum Gasteiger partial charge on any atom is -0.480 e. The van der Waals surface area contributed by atoms with Gasteiger partial charge in [0.2, 0.25) is 5.91 Å². The van der Waals surface area contributed by atoms with E-state index in [0.717, 1.165) is 0 Å². The molecule has 1 aromatic carbocycles. The first-order valence-corrected chi connectivity index (χ1v) is 7.03. The van der Waals surface area contributed by atoms with Crippen LogP contribution in [-0.4, -0.2) is 41.5 Å². The summed E-state index contributed by atoms with van der Waals surface area (Å²) in [4.78, 5) is 24.5. The third-order valence-electron chi connectivity index (χ3n) is 3.50. The molecule has 0 spiro atoms. The molecule has 0 radical (unpaired) electrons. The number of nitrogens with zero attached hydrogens (tertiary/aromatic N) is 1. The number of carboxylic acids is 1. The standard InChI is InChI=1S/C14H16ClFN2O3/c15-11-7-10(1-2-12(11)16)17-14(21)9-3-5-18(6-4-9)8-13(19)20/h1-2,7,9H,3-6,8H2,(H,17,21)(H,19,20). The molecular formula is C14H16ClFN2O3. The molecule has 2 N–H and O–H groups in total. The molecule has 0 saturated carbocycles. The molecule has 0 atom stereocenters. The zero-order chi connectivity index (χ0) is 15.4. The highest BCUT2D eigenvalue weighted by atomic mass is 35.5. The maximum Gasteiger partial charge on any atom is 0.317 e. The van der Waals surface area contributed by atoms with Crippen LogP contribution in [-0.2, 0) is 9.59 Å². The lowest BCUT2D eigenvalue weighted by atomic mass is 9.96. The first-order chi connectivity index (χ1) is 9.95. The number of likely N-dealkylation sites (tertiary alicyclic amines) is 1. The highest BCUT2D eigenvalue weighted by Gasteiger charge is 2.25. The number of piperidine rings is 1. The van der Waals surface area contributed by atoms with Crippen LogP contribution in [0.2, 0.25) is 5.02 Å². The van der Waals surface area contributed by atoms with Crippen molar-refractivity contribution in [3.05, 3.63) is 29.0 Å². The number of anilines is 1. The van der Waals surface area contributed by atoms with Gasteiger partial charge in [-0.1, -0.05) is 11.6 Å². The van der Waals surface area contributed by atoms with Crippen molar-refractivity contribution in [1.82, 2.24) is 4.90 Å². The Kier molecular flexibility index (Phi) is 5.14. The van der Waals surface area contributed by atoms with Gasteiger partial charge in [-0.05, 0) is 44.1 Å². The van der Waals surface area contributed by atoms with E-state index in [9.17, 15) is 14.0 Å². The molecular weight excluding hydrogens is 299 g/mol. The molecule has 1 amide bonds. The average molecular weight is 315 g/mol. The van der Waals surface area contributed by atoms with Crippen molar-refractivity contribution >= 4 is 29.2 Å². The summed E-state index contributed by atoms with van der Waals surface area (Å²) >= 11 is 5.66. The summed E-state index contributed by atoms with van der Waals surface area (Å²) in [6.45, 7) is 1.16. The molecule has 0 unspecified atom stereocenters. The van der Waals surface area contributed by atoms with Gasteiger partial charge in [0.25, 0.3) is 0 Å². The highest BCUT2D eigenvalue weighted by molar-refractivity contribution is 6.31. The second-order valence-corrected chi connectivity index (χ2v) is 5.47. The Bertz CT molecular complexity index is 545. The molecule has 2 rings (SSSR count). The molecule has 0 bridgehead atoms. The number of aliphatic carboxylic acids is 1. The quantitative estimate of drug-likeness (QED) is 0.894. The Labute approximate surface area is 126 Å². The van der Waals surface area contributed by atoms with Gasteiger partial charge in [-0.15, -0.1) is 0 Å². The second-order valence-electron chi connectivity index (χ2n) is 5.06. The largest absolute Gasteiger partial charge is 0.480 e. The first kappa shape index (κ1) is 15.7. The lowest BCUT2D eigenvalue weighted by molar-refractivity contribution is -0.138. The van der Waals surface area contributed by atoms with Crippen LogP contribution in [0.5, 0.6) is 0 Å². The fraction of sp³-hybridized carbons (Fsp3) is 0.429. The zero-order valence-corrected chi connectivity index (χ0v) is 12.1. The molecule has 5 nitrogen and oxygen atoms in total. The summed E-state index contributed by atoms with van der Waals surface area (Å²) in [6.07, 6.45) is 1.21. The normalized spacial score (nSPS) is 16.7. The second kappa shape index (κ2) is 6.87.